The monoisotopic (exact) mass is 295 g/mol. The van der Waals surface area contributed by atoms with Crippen molar-refractivity contribution in [3.05, 3.63) is 29.8 Å². The van der Waals surface area contributed by atoms with E-state index in [1.807, 2.05) is 5.32 Å². The van der Waals surface area contributed by atoms with Crippen LogP contribution in [-0.4, -0.2) is 24.7 Å². The first kappa shape index (κ1) is 13.8. The molecule has 3 atom stereocenters. The summed E-state index contributed by atoms with van der Waals surface area (Å²) in [5.74, 6) is -3.08. The molecule has 1 aliphatic carbocycles. The molecule has 1 aliphatic heterocycles. The molecule has 1 saturated heterocycles. The maximum absolute atomic E-state index is 12.6. The molecular weight excluding hydrogens is 286 g/mol. The zero-order chi connectivity index (χ0) is 16.1. The number of hydrogen-bond donors (Lipinski definition) is 1. The van der Waals surface area contributed by atoms with E-state index in [2.05, 4.69) is 0 Å². The number of piperidine rings is 1. The number of benzene rings is 1. The van der Waals surface area contributed by atoms with Gasteiger partial charge in [-0.05, 0) is 24.3 Å². The van der Waals surface area contributed by atoms with Crippen molar-refractivity contribution >= 4 is 17.6 Å². The van der Waals surface area contributed by atoms with E-state index in [9.17, 15) is 24.9 Å². The van der Waals surface area contributed by atoms with E-state index in [-0.39, 0.29) is 5.56 Å². The molecule has 22 heavy (non-hydrogen) atoms. The van der Waals surface area contributed by atoms with Gasteiger partial charge in [-0.15, -0.1) is 0 Å². The number of fused-ring (bicyclic) bond motifs is 1. The molecule has 2 fully saturated rings. The van der Waals surface area contributed by atoms with Crippen LogP contribution in [0.5, 0.6) is 5.75 Å². The topological polar surface area (TPSA) is 120 Å². The lowest BCUT2D eigenvalue weighted by atomic mass is 9.98. The van der Waals surface area contributed by atoms with Gasteiger partial charge >= 0.3 is 0 Å². The molecule has 1 heterocycles. The summed E-state index contributed by atoms with van der Waals surface area (Å²) in [6, 6.07) is 9.44. The van der Waals surface area contributed by atoms with Crippen LogP contribution in [0.25, 0.3) is 0 Å². The van der Waals surface area contributed by atoms with E-state index < -0.39 is 34.3 Å². The highest BCUT2D eigenvalue weighted by atomic mass is 16.5. The fraction of sp³-hybridized carbons (Fsp3) is 0.267. The number of imide groups is 1. The maximum atomic E-state index is 12.6. The third kappa shape index (κ3) is 1.26. The Labute approximate surface area is 125 Å². The third-order valence-corrected chi connectivity index (χ3v) is 4.34. The lowest BCUT2D eigenvalue weighted by Gasteiger charge is -2.07. The van der Waals surface area contributed by atoms with Gasteiger partial charge in [0, 0.05) is 5.56 Å². The minimum Gasteiger partial charge on any atom is -0.497 e. The summed E-state index contributed by atoms with van der Waals surface area (Å²) < 4.78 is 4.98. The second-order valence-electron chi connectivity index (χ2n) is 5.15. The second kappa shape index (κ2) is 4.15. The number of ketones is 1. The minimum atomic E-state index is -1.92. The fourth-order valence-corrected chi connectivity index (χ4v) is 3.12. The van der Waals surface area contributed by atoms with Crippen LogP contribution in [0.2, 0.25) is 0 Å². The number of carbonyl (C=O) groups is 3. The van der Waals surface area contributed by atoms with Gasteiger partial charge in [-0.3, -0.25) is 19.7 Å². The van der Waals surface area contributed by atoms with Crippen LogP contribution >= 0.6 is 0 Å². The Bertz CT molecular complexity index is 764. The van der Waals surface area contributed by atoms with E-state index in [1.54, 1.807) is 24.3 Å². The van der Waals surface area contributed by atoms with Gasteiger partial charge in [0.1, 0.15) is 5.75 Å². The lowest BCUT2D eigenvalue weighted by molar-refractivity contribution is -0.129. The Kier molecular flexibility index (Phi) is 2.60. The summed E-state index contributed by atoms with van der Waals surface area (Å²) in [5.41, 5.74) is -3.63. The number of carbonyl (C=O) groups excluding carboxylic acids is 3. The predicted molar refractivity (Wildman–Crippen MR) is 70.1 cm³/mol. The summed E-state index contributed by atoms with van der Waals surface area (Å²) in [6.07, 6.45) is 0. The summed E-state index contributed by atoms with van der Waals surface area (Å²) in [4.78, 5) is 36.4. The van der Waals surface area contributed by atoms with Gasteiger partial charge in [0.15, 0.2) is 16.6 Å². The molecule has 1 N–H and O–H groups in total. The molecule has 1 aromatic carbocycles. The number of ether oxygens (including phenoxy) is 1. The Balaban J connectivity index is 2.04. The summed E-state index contributed by atoms with van der Waals surface area (Å²) in [5, 5.41) is 20.6. The van der Waals surface area contributed by atoms with Crippen LogP contribution in [-0.2, 0) is 9.59 Å². The van der Waals surface area contributed by atoms with Gasteiger partial charge in [-0.2, -0.15) is 10.5 Å². The largest absolute Gasteiger partial charge is 0.497 e. The van der Waals surface area contributed by atoms with Crippen LogP contribution < -0.4 is 10.1 Å². The van der Waals surface area contributed by atoms with Crippen LogP contribution in [0.1, 0.15) is 10.4 Å². The molecule has 108 valence electrons. The zero-order valence-electron chi connectivity index (χ0n) is 11.4. The highest BCUT2D eigenvalue weighted by Gasteiger charge is 2.92. The van der Waals surface area contributed by atoms with Crippen molar-refractivity contribution in [1.82, 2.24) is 5.32 Å². The van der Waals surface area contributed by atoms with Gasteiger partial charge in [-0.25, -0.2) is 0 Å². The molecule has 7 heteroatoms. The molecule has 2 aliphatic rings. The van der Waals surface area contributed by atoms with Crippen LogP contribution in [0, 0.1) is 39.4 Å². The molecule has 0 aromatic heterocycles. The number of amides is 2. The maximum Gasteiger partial charge on any atom is 0.250 e. The molecule has 1 unspecified atom stereocenters. The van der Waals surface area contributed by atoms with Gasteiger partial charge < -0.3 is 4.74 Å². The number of nitriles is 2. The standard InChI is InChI=1S/C15H9N3O4/c1-22-9-4-2-8(3-5-9)10(19)11-14(6-16)12(20)18-13(21)15(11,14)7-17/h2-5,11H,1H3,(H,18,20,21)/t11?,14-,15+. The first-order chi connectivity index (χ1) is 10.5. The van der Waals surface area contributed by atoms with Crippen LogP contribution in [0.3, 0.4) is 0 Å². The summed E-state index contributed by atoms with van der Waals surface area (Å²) in [6.45, 7) is 0. The van der Waals surface area contributed by atoms with E-state index in [1.165, 1.54) is 19.2 Å². The first-order valence-corrected chi connectivity index (χ1v) is 6.36. The SMILES string of the molecule is COc1ccc(C(=O)C2[C@]3(C#N)C(=O)NC(=O)[C@]23C#N)cc1. The third-order valence-electron chi connectivity index (χ3n) is 4.34. The predicted octanol–water partition coefficient (Wildman–Crippen LogP) is 0.184. The molecule has 1 aromatic rings. The molecule has 0 spiro atoms. The first-order valence-electron chi connectivity index (χ1n) is 6.36. The van der Waals surface area contributed by atoms with Crippen molar-refractivity contribution in [3.8, 4) is 17.9 Å². The quantitative estimate of drug-likeness (QED) is 0.627. The Morgan fingerprint density at radius 2 is 1.64 bits per heavy atom. The Morgan fingerprint density at radius 1 is 1.14 bits per heavy atom. The number of nitrogens with zero attached hydrogens (tertiary/aromatic N) is 2. The highest BCUT2D eigenvalue weighted by molar-refractivity contribution is 6.24. The number of hydrogen-bond acceptors (Lipinski definition) is 6. The zero-order valence-corrected chi connectivity index (χ0v) is 11.4. The van der Waals surface area contributed by atoms with E-state index in [0.29, 0.717) is 5.75 Å². The molecule has 7 nitrogen and oxygen atoms in total. The normalized spacial score (nSPS) is 31.5. The van der Waals surface area contributed by atoms with Gasteiger partial charge in [0.25, 0.3) is 0 Å². The number of rotatable bonds is 3. The minimum absolute atomic E-state index is 0.213. The van der Waals surface area contributed by atoms with E-state index >= 15 is 0 Å². The number of methoxy groups -OCH3 is 1. The van der Waals surface area contributed by atoms with E-state index in [4.69, 9.17) is 4.74 Å². The van der Waals surface area contributed by atoms with Crippen molar-refractivity contribution in [1.29, 1.82) is 10.5 Å². The molecule has 0 radical (unpaired) electrons. The second-order valence-corrected chi connectivity index (χ2v) is 5.15. The summed E-state index contributed by atoms with van der Waals surface area (Å²) in [7, 11) is 1.47. The van der Waals surface area contributed by atoms with E-state index in [0.717, 1.165) is 0 Å². The van der Waals surface area contributed by atoms with Crippen molar-refractivity contribution in [3.63, 3.8) is 0 Å². The molecule has 2 amide bonds. The van der Waals surface area contributed by atoms with Crippen molar-refractivity contribution < 1.29 is 19.1 Å². The van der Waals surface area contributed by atoms with Crippen LogP contribution in [0.15, 0.2) is 24.3 Å². The van der Waals surface area contributed by atoms with Gasteiger partial charge in [0.2, 0.25) is 11.8 Å². The van der Waals surface area contributed by atoms with Gasteiger partial charge in [-0.1, -0.05) is 0 Å². The smallest absolute Gasteiger partial charge is 0.250 e. The highest BCUT2D eigenvalue weighted by Crippen LogP contribution is 2.72. The van der Waals surface area contributed by atoms with Gasteiger partial charge in [0.05, 0.1) is 25.2 Å². The molecular formula is C15H9N3O4. The summed E-state index contributed by atoms with van der Waals surface area (Å²) >= 11 is 0. The molecule has 3 rings (SSSR count). The Morgan fingerprint density at radius 3 is 2.05 bits per heavy atom. The molecule has 1 saturated carbocycles. The number of Topliss-reactive ketones (excluding diaryl/α,β-unsaturated/α-hetero) is 1. The Hall–Kier alpha value is -3.19. The number of nitrogens with one attached hydrogen (secondary N) is 1. The van der Waals surface area contributed by atoms with Crippen molar-refractivity contribution in [2.45, 2.75) is 0 Å². The van der Waals surface area contributed by atoms with Crippen LogP contribution in [0.4, 0.5) is 0 Å². The fourth-order valence-electron chi connectivity index (χ4n) is 3.12. The van der Waals surface area contributed by atoms with Crippen molar-refractivity contribution in [2.75, 3.05) is 7.11 Å². The average molecular weight is 295 g/mol. The lowest BCUT2D eigenvalue weighted by Crippen LogP contribution is -2.34. The van der Waals surface area contributed by atoms with Crippen molar-refractivity contribution in [2.24, 2.45) is 16.7 Å². The molecule has 0 bridgehead atoms. The average Bonchev–Trinajstić information content (AvgIpc) is 3.12.